The van der Waals surface area contributed by atoms with Crippen LogP contribution < -0.4 is 5.73 Å². The molecule has 0 radical (unpaired) electrons. The van der Waals surface area contributed by atoms with Gasteiger partial charge in [0.1, 0.15) is 11.2 Å². The molecule has 0 spiro atoms. The monoisotopic (exact) mass is 295 g/mol. The maximum Gasteiger partial charge on any atom is 0.149 e. The zero-order valence-electron chi connectivity index (χ0n) is 8.81. The number of furan rings is 2. The molecule has 1 unspecified atom stereocenters. The quantitative estimate of drug-likeness (QED) is 0.762. The Bertz CT molecular complexity index is 634. The van der Waals surface area contributed by atoms with Gasteiger partial charge in [-0.15, -0.1) is 0 Å². The third kappa shape index (κ3) is 1.43. The lowest BCUT2D eigenvalue weighted by atomic mass is 10.0. The molecule has 17 heavy (non-hydrogen) atoms. The zero-order valence-corrected chi connectivity index (χ0v) is 10.4. The predicted molar refractivity (Wildman–Crippen MR) is 67.7 cm³/mol. The average Bonchev–Trinajstić information content (AvgIpc) is 2.96. The standard InChI is InChI=1S/C12H10BrNO3/c13-10-7-2-4-16-11(7)9(8(15)5-14)6-1-3-17-12(6)10/h1-4,8,15H,5,14H2. The van der Waals surface area contributed by atoms with Crippen molar-refractivity contribution in [2.45, 2.75) is 6.10 Å². The molecule has 5 heteroatoms. The second-order valence-electron chi connectivity index (χ2n) is 3.81. The molecule has 0 bridgehead atoms. The molecule has 0 aliphatic carbocycles. The summed E-state index contributed by atoms with van der Waals surface area (Å²) in [5, 5.41) is 11.7. The Kier molecular flexibility index (Phi) is 2.47. The highest BCUT2D eigenvalue weighted by atomic mass is 79.9. The van der Waals surface area contributed by atoms with Gasteiger partial charge in [-0.3, -0.25) is 0 Å². The molecule has 3 rings (SSSR count). The fraction of sp³-hybridized carbons (Fsp3) is 0.167. The highest BCUT2D eigenvalue weighted by molar-refractivity contribution is 9.10. The lowest BCUT2D eigenvalue weighted by Gasteiger charge is -2.10. The molecule has 3 aromatic rings. The van der Waals surface area contributed by atoms with Crippen molar-refractivity contribution < 1.29 is 13.9 Å². The lowest BCUT2D eigenvalue weighted by Crippen LogP contribution is -2.12. The first kappa shape index (κ1) is 10.8. The molecule has 4 nitrogen and oxygen atoms in total. The van der Waals surface area contributed by atoms with Crippen LogP contribution in [0.3, 0.4) is 0 Å². The molecule has 0 amide bonds. The van der Waals surface area contributed by atoms with Gasteiger partial charge in [-0.2, -0.15) is 0 Å². The van der Waals surface area contributed by atoms with E-state index in [1.807, 2.05) is 6.07 Å². The van der Waals surface area contributed by atoms with Crippen LogP contribution in [0.4, 0.5) is 0 Å². The minimum absolute atomic E-state index is 0.137. The molecule has 3 N–H and O–H groups in total. The van der Waals surface area contributed by atoms with Crippen LogP contribution in [0.2, 0.25) is 0 Å². The van der Waals surface area contributed by atoms with Crippen LogP contribution in [-0.2, 0) is 0 Å². The summed E-state index contributed by atoms with van der Waals surface area (Å²) in [6, 6.07) is 3.63. The minimum atomic E-state index is -0.767. The SMILES string of the molecule is NCC(O)c1c2ccoc2c(Br)c2ccoc12. The summed E-state index contributed by atoms with van der Waals surface area (Å²) in [5.41, 5.74) is 7.55. The van der Waals surface area contributed by atoms with Crippen molar-refractivity contribution in [2.75, 3.05) is 6.54 Å². The molecule has 1 aromatic carbocycles. The summed E-state index contributed by atoms with van der Waals surface area (Å²) in [6.45, 7) is 0.137. The van der Waals surface area contributed by atoms with Gasteiger partial charge in [-0.25, -0.2) is 0 Å². The molecule has 0 aliphatic heterocycles. The van der Waals surface area contributed by atoms with Gasteiger partial charge < -0.3 is 19.7 Å². The van der Waals surface area contributed by atoms with Crippen LogP contribution in [0.15, 0.2) is 38.0 Å². The molecule has 88 valence electrons. The number of nitrogens with two attached hydrogens (primary N) is 1. The summed E-state index contributed by atoms with van der Waals surface area (Å²) < 4.78 is 11.7. The number of benzene rings is 1. The van der Waals surface area contributed by atoms with E-state index in [-0.39, 0.29) is 6.54 Å². The van der Waals surface area contributed by atoms with Crippen molar-refractivity contribution in [2.24, 2.45) is 5.73 Å². The first-order valence-corrected chi connectivity index (χ1v) is 5.97. The van der Waals surface area contributed by atoms with E-state index in [0.29, 0.717) is 16.7 Å². The number of aliphatic hydroxyl groups is 1. The van der Waals surface area contributed by atoms with E-state index >= 15 is 0 Å². The van der Waals surface area contributed by atoms with E-state index < -0.39 is 6.10 Å². The van der Waals surface area contributed by atoms with E-state index in [1.165, 1.54) is 0 Å². The minimum Gasteiger partial charge on any atom is -0.464 e. The Labute approximate surface area is 105 Å². The molecular weight excluding hydrogens is 286 g/mol. The van der Waals surface area contributed by atoms with Crippen LogP contribution in [-0.4, -0.2) is 11.7 Å². The number of aliphatic hydroxyl groups excluding tert-OH is 1. The van der Waals surface area contributed by atoms with Gasteiger partial charge in [0.15, 0.2) is 0 Å². The molecule has 0 aliphatic rings. The van der Waals surface area contributed by atoms with Gasteiger partial charge in [0.2, 0.25) is 0 Å². The number of fused-ring (bicyclic) bond motifs is 2. The maximum atomic E-state index is 10.0. The van der Waals surface area contributed by atoms with E-state index in [0.717, 1.165) is 15.2 Å². The summed E-state index contributed by atoms with van der Waals surface area (Å²) in [4.78, 5) is 0. The Morgan fingerprint density at radius 1 is 1.18 bits per heavy atom. The Morgan fingerprint density at radius 3 is 2.53 bits per heavy atom. The van der Waals surface area contributed by atoms with Crippen molar-refractivity contribution in [1.29, 1.82) is 0 Å². The molecule has 2 aromatic heterocycles. The van der Waals surface area contributed by atoms with Gasteiger partial charge >= 0.3 is 0 Å². The number of hydrogen-bond acceptors (Lipinski definition) is 4. The topological polar surface area (TPSA) is 72.5 Å². The van der Waals surface area contributed by atoms with E-state index in [2.05, 4.69) is 15.9 Å². The highest BCUT2D eigenvalue weighted by Crippen LogP contribution is 2.39. The zero-order chi connectivity index (χ0) is 12.0. The van der Waals surface area contributed by atoms with Gasteiger partial charge in [0.25, 0.3) is 0 Å². The molecule has 2 heterocycles. The molecular formula is C12H10BrNO3. The third-order valence-corrected chi connectivity index (χ3v) is 3.64. The fourth-order valence-electron chi connectivity index (χ4n) is 2.08. The number of halogens is 1. The Balaban J connectivity index is 2.52. The van der Waals surface area contributed by atoms with E-state index in [1.54, 1.807) is 18.6 Å². The van der Waals surface area contributed by atoms with Crippen molar-refractivity contribution >= 4 is 37.9 Å². The van der Waals surface area contributed by atoms with Crippen LogP contribution in [0.25, 0.3) is 21.9 Å². The summed E-state index contributed by atoms with van der Waals surface area (Å²) in [7, 11) is 0. The second-order valence-corrected chi connectivity index (χ2v) is 4.60. The second kappa shape index (κ2) is 3.87. The van der Waals surface area contributed by atoms with Gasteiger partial charge in [0.05, 0.1) is 23.1 Å². The van der Waals surface area contributed by atoms with Crippen LogP contribution >= 0.6 is 15.9 Å². The molecule has 0 saturated heterocycles. The first-order chi connectivity index (χ1) is 8.24. The van der Waals surface area contributed by atoms with Crippen LogP contribution in [0.1, 0.15) is 11.7 Å². The average molecular weight is 296 g/mol. The van der Waals surface area contributed by atoms with Crippen molar-refractivity contribution in [3.8, 4) is 0 Å². The smallest absolute Gasteiger partial charge is 0.149 e. The summed E-state index contributed by atoms with van der Waals surface area (Å²) in [6.07, 6.45) is 2.40. The van der Waals surface area contributed by atoms with Gasteiger partial charge in [0, 0.05) is 22.9 Å². The van der Waals surface area contributed by atoms with Crippen molar-refractivity contribution in [3.05, 3.63) is 34.7 Å². The van der Waals surface area contributed by atoms with Crippen molar-refractivity contribution in [1.82, 2.24) is 0 Å². The normalized spacial score (nSPS) is 13.6. The highest BCUT2D eigenvalue weighted by Gasteiger charge is 2.21. The van der Waals surface area contributed by atoms with Crippen molar-refractivity contribution in [3.63, 3.8) is 0 Å². The van der Waals surface area contributed by atoms with Crippen LogP contribution in [0.5, 0.6) is 0 Å². The van der Waals surface area contributed by atoms with Gasteiger partial charge in [-0.05, 0) is 28.1 Å². The third-order valence-electron chi connectivity index (χ3n) is 2.86. The van der Waals surface area contributed by atoms with Crippen LogP contribution in [0, 0.1) is 0 Å². The fourth-order valence-corrected chi connectivity index (χ4v) is 2.69. The summed E-state index contributed by atoms with van der Waals surface area (Å²) in [5.74, 6) is 0. The largest absolute Gasteiger partial charge is 0.464 e. The van der Waals surface area contributed by atoms with E-state index in [9.17, 15) is 5.11 Å². The predicted octanol–water partition coefficient (Wildman–Crippen LogP) is 2.93. The maximum absolute atomic E-state index is 10.0. The van der Waals surface area contributed by atoms with E-state index in [4.69, 9.17) is 14.6 Å². The number of rotatable bonds is 2. The molecule has 0 fully saturated rings. The van der Waals surface area contributed by atoms with Gasteiger partial charge in [-0.1, -0.05) is 0 Å². The first-order valence-electron chi connectivity index (χ1n) is 5.18. The molecule has 0 saturated carbocycles. The Morgan fingerprint density at radius 2 is 1.82 bits per heavy atom. The summed E-state index contributed by atoms with van der Waals surface area (Å²) >= 11 is 3.48. The number of hydrogen-bond donors (Lipinski definition) is 2. The lowest BCUT2D eigenvalue weighted by molar-refractivity contribution is 0.188. The molecule has 1 atom stereocenters. The Hall–Kier alpha value is -1.30.